The summed E-state index contributed by atoms with van der Waals surface area (Å²) in [6, 6.07) is 8.81. The highest BCUT2D eigenvalue weighted by Crippen LogP contribution is 2.36. The van der Waals surface area contributed by atoms with Crippen LogP contribution in [-0.4, -0.2) is 36.7 Å². The zero-order valence-corrected chi connectivity index (χ0v) is 20.2. The van der Waals surface area contributed by atoms with Crippen molar-refractivity contribution in [3.05, 3.63) is 51.8 Å². The van der Waals surface area contributed by atoms with Gasteiger partial charge >= 0.3 is 0 Å². The van der Waals surface area contributed by atoms with E-state index in [9.17, 15) is 13.2 Å². The Morgan fingerprint density at radius 3 is 2.61 bits per heavy atom. The summed E-state index contributed by atoms with van der Waals surface area (Å²) < 4.78 is 27.5. The molecule has 3 heterocycles. The number of hydrogen-bond acceptors (Lipinski definition) is 6. The van der Waals surface area contributed by atoms with Gasteiger partial charge in [0.15, 0.2) is 0 Å². The van der Waals surface area contributed by atoms with Gasteiger partial charge in [0.25, 0.3) is 0 Å². The van der Waals surface area contributed by atoms with Crippen LogP contribution < -0.4 is 5.32 Å². The maximum absolute atomic E-state index is 13.0. The first-order valence-corrected chi connectivity index (χ1v) is 13.3. The lowest BCUT2D eigenvalue weighted by atomic mass is 9.99. The zero-order chi connectivity index (χ0) is 22.2. The molecule has 2 aromatic heterocycles. The topological polar surface area (TPSA) is 79.4 Å². The summed E-state index contributed by atoms with van der Waals surface area (Å²) in [5.41, 5.74) is 2.76. The summed E-state index contributed by atoms with van der Waals surface area (Å²) in [5, 5.41) is 5.97. The maximum Gasteiger partial charge on any atom is 0.243 e. The smallest absolute Gasteiger partial charge is 0.243 e. The number of nitrogens with zero attached hydrogens (tertiary/aromatic N) is 2. The molecule has 0 bridgehead atoms. The van der Waals surface area contributed by atoms with Crippen LogP contribution in [0.2, 0.25) is 0 Å². The third kappa shape index (κ3) is 4.74. The fourth-order valence-corrected chi connectivity index (χ4v) is 7.01. The monoisotopic (exact) mass is 475 g/mol. The van der Waals surface area contributed by atoms with Gasteiger partial charge < -0.3 is 5.32 Å². The number of carbonyl (C=O) groups is 1. The van der Waals surface area contributed by atoms with Crippen molar-refractivity contribution in [1.82, 2.24) is 9.29 Å². The van der Waals surface area contributed by atoms with Gasteiger partial charge in [-0.05, 0) is 51.8 Å². The van der Waals surface area contributed by atoms with Crippen LogP contribution in [0.5, 0.6) is 0 Å². The Morgan fingerprint density at radius 2 is 1.94 bits per heavy atom. The minimum atomic E-state index is -3.61. The average Bonchev–Trinajstić information content (AvgIpc) is 3.34. The molecule has 0 saturated carbocycles. The zero-order valence-electron chi connectivity index (χ0n) is 17.7. The molecule has 6 nitrogen and oxygen atoms in total. The Kier molecular flexibility index (Phi) is 6.30. The third-order valence-electron chi connectivity index (χ3n) is 5.42. The van der Waals surface area contributed by atoms with Crippen LogP contribution >= 0.6 is 22.7 Å². The number of aromatic nitrogens is 1. The van der Waals surface area contributed by atoms with E-state index in [1.165, 1.54) is 4.31 Å². The normalized spacial score (nSPS) is 17.6. The van der Waals surface area contributed by atoms with Gasteiger partial charge in [-0.15, -0.1) is 22.7 Å². The maximum atomic E-state index is 13.0. The van der Waals surface area contributed by atoms with E-state index in [2.05, 4.69) is 10.3 Å². The van der Waals surface area contributed by atoms with Crippen molar-refractivity contribution < 1.29 is 13.2 Å². The predicted molar refractivity (Wildman–Crippen MR) is 126 cm³/mol. The molecule has 4 rings (SSSR count). The van der Waals surface area contributed by atoms with Crippen molar-refractivity contribution in [1.29, 1.82) is 0 Å². The van der Waals surface area contributed by atoms with Crippen LogP contribution in [0.25, 0.3) is 9.88 Å². The Labute approximate surface area is 191 Å². The molecule has 1 aliphatic heterocycles. The minimum Gasteiger partial charge on any atom is -0.325 e. The van der Waals surface area contributed by atoms with Gasteiger partial charge in [-0.1, -0.05) is 17.7 Å². The van der Waals surface area contributed by atoms with Gasteiger partial charge in [0.05, 0.1) is 21.4 Å². The van der Waals surface area contributed by atoms with E-state index in [1.54, 1.807) is 46.9 Å². The minimum absolute atomic E-state index is 0.133. The molecule has 1 saturated heterocycles. The fourth-order valence-electron chi connectivity index (χ4n) is 3.65. The van der Waals surface area contributed by atoms with Crippen LogP contribution in [0.15, 0.2) is 40.6 Å². The number of anilines is 1. The standard InChI is InChI=1S/C22H25N3O3S3/c1-14-6-8-18(9-7-14)31(27,28)25-10-4-5-17(12-25)21(26)24-19-11-20(30-16(19)3)22-23-15(2)13-29-22/h6-9,11,13,17H,4-5,10,12H2,1-3H3,(H,24,26)/t17-/m1/s1. The SMILES string of the molecule is Cc1ccc(S(=O)(=O)N2CCC[C@@H](C(=O)Nc3cc(-c4nc(C)cs4)sc3C)C2)cc1. The third-order valence-corrected chi connectivity index (χ3v) is 9.48. The molecule has 9 heteroatoms. The van der Waals surface area contributed by atoms with Gasteiger partial charge in [-0.3, -0.25) is 4.79 Å². The van der Waals surface area contributed by atoms with E-state index in [0.717, 1.165) is 31.7 Å². The van der Waals surface area contributed by atoms with Crippen LogP contribution in [-0.2, 0) is 14.8 Å². The highest BCUT2D eigenvalue weighted by molar-refractivity contribution is 7.89. The number of amides is 1. The van der Waals surface area contributed by atoms with Crippen LogP contribution in [0, 0.1) is 26.7 Å². The van der Waals surface area contributed by atoms with E-state index in [-0.39, 0.29) is 23.3 Å². The Bertz CT molecular complexity index is 1200. The van der Waals surface area contributed by atoms with E-state index in [0.29, 0.717) is 19.4 Å². The number of thiophene rings is 1. The summed E-state index contributed by atoms with van der Waals surface area (Å²) in [5.74, 6) is -0.509. The number of nitrogens with one attached hydrogen (secondary N) is 1. The van der Waals surface area contributed by atoms with E-state index in [1.807, 2.05) is 32.2 Å². The fraction of sp³-hybridized carbons (Fsp3) is 0.364. The van der Waals surface area contributed by atoms with Crippen molar-refractivity contribution in [2.24, 2.45) is 5.92 Å². The molecular weight excluding hydrogens is 450 g/mol. The average molecular weight is 476 g/mol. The molecule has 3 aromatic rings. The van der Waals surface area contributed by atoms with Crippen molar-refractivity contribution in [3.63, 3.8) is 0 Å². The second-order valence-corrected chi connectivity index (χ2v) is 11.9. The van der Waals surface area contributed by atoms with Crippen molar-refractivity contribution in [2.75, 3.05) is 18.4 Å². The van der Waals surface area contributed by atoms with Gasteiger partial charge in [0.1, 0.15) is 5.01 Å². The number of thiazole rings is 1. The Morgan fingerprint density at radius 1 is 1.19 bits per heavy atom. The summed E-state index contributed by atoms with van der Waals surface area (Å²) in [6.07, 6.45) is 1.34. The molecule has 164 valence electrons. The molecular formula is C22H25N3O3S3. The van der Waals surface area contributed by atoms with Gasteiger partial charge in [0, 0.05) is 29.0 Å². The number of aryl methyl sites for hydroxylation is 3. The molecule has 31 heavy (non-hydrogen) atoms. The van der Waals surface area contributed by atoms with Gasteiger partial charge in [0.2, 0.25) is 15.9 Å². The first-order valence-electron chi connectivity index (χ1n) is 10.1. The molecule has 1 amide bonds. The molecule has 1 N–H and O–H groups in total. The summed E-state index contributed by atoms with van der Waals surface area (Å²) in [7, 11) is -3.61. The molecule has 1 aliphatic rings. The molecule has 0 unspecified atom stereocenters. The number of benzene rings is 1. The highest BCUT2D eigenvalue weighted by atomic mass is 32.2. The van der Waals surface area contributed by atoms with Gasteiger partial charge in [-0.25, -0.2) is 13.4 Å². The second kappa shape index (κ2) is 8.82. The first kappa shape index (κ1) is 22.1. The largest absolute Gasteiger partial charge is 0.325 e. The molecule has 0 radical (unpaired) electrons. The van der Waals surface area contributed by atoms with Crippen molar-refractivity contribution in [2.45, 2.75) is 38.5 Å². The molecule has 1 fully saturated rings. The predicted octanol–water partition coefficient (Wildman–Crippen LogP) is 4.84. The Hall–Kier alpha value is -2.07. The number of sulfonamides is 1. The number of hydrogen-bond donors (Lipinski definition) is 1. The van der Waals surface area contributed by atoms with Crippen molar-refractivity contribution in [3.8, 4) is 9.88 Å². The summed E-state index contributed by atoms with van der Waals surface area (Å²) in [4.78, 5) is 19.8. The van der Waals surface area contributed by atoms with Crippen LogP contribution in [0.4, 0.5) is 5.69 Å². The van der Waals surface area contributed by atoms with Crippen LogP contribution in [0.3, 0.4) is 0 Å². The molecule has 1 aromatic carbocycles. The Balaban J connectivity index is 1.47. The lowest BCUT2D eigenvalue weighted by Gasteiger charge is -2.31. The quantitative estimate of drug-likeness (QED) is 0.573. The molecule has 0 aliphatic carbocycles. The van der Waals surface area contributed by atoms with E-state index < -0.39 is 10.0 Å². The van der Waals surface area contributed by atoms with E-state index in [4.69, 9.17) is 0 Å². The summed E-state index contributed by atoms with van der Waals surface area (Å²) >= 11 is 3.19. The van der Waals surface area contributed by atoms with E-state index >= 15 is 0 Å². The number of piperidine rings is 1. The second-order valence-electron chi connectivity index (χ2n) is 7.88. The molecule has 0 spiro atoms. The van der Waals surface area contributed by atoms with Gasteiger partial charge in [-0.2, -0.15) is 4.31 Å². The lowest BCUT2D eigenvalue weighted by molar-refractivity contribution is -0.120. The number of rotatable bonds is 5. The first-order chi connectivity index (χ1) is 14.7. The lowest BCUT2D eigenvalue weighted by Crippen LogP contribution is -2.43. The molecule has 1 atom stereocenters. The highest BCUT2D eigenvalue weighted by Gasteiger charge is 2.33. The number of carbonyl (C=O) groups excluding carboxylic acids is 1. The van der Waals surface area contributed by atoms with Crippen LogP contribution in [0.1, 0.15) is 29.0 Å². The van der Waals surface area contributed by atoms with Crippen molar-refractivity contribution >= 4 is 44.3 Å². The summed E-state index contributed by atoms with van der Waals surface area (Å²) in [6.45, 7) is 6.49.